The molecule has 0 unspecified atom stereocenters. The van der Waals surface area contributed by atoms with Crippen LogP contribution in [-0.4, -0.2) is 36.5 Å². The van der Waals surface area contributed by atoms with E-state index in [1.807, 2.05) is 32.4 Å². The average Bonchev–Trinajstić information content (AvgIpc) is 3.12. The number of nitrogens with zero attached hydrogens (tertiary/aromatic N) is 4. The van der Waals surface area contributed by atoms with Crippen LogP contribution in [0.5, 0.6) is 0 Å². The van der Waals surface area contributed by atoms with Crippen LogP contribution in [0.1, 0.15) is 57.6 Å². The molecule has 0 fully saturated rings. The average molecular weight is 347 g/mol. The van der Waals surface area contributed by atoms with Gasteiger partial charge in [-0.15, -0.1) is 0 Å². The Bertz CT molecular complexity index is 796. The Kier molecular flexibility index (Phi) is 4.74. The molecule has 0 aliphatic carbocycles. The number of carbonyl (C=O) groups is 2. The quantitative estimate of drug-likeness (QED) is 0.865. The van der Waals surface area contributed by atoms with Crippen LogP contribution in [0.25, 0.3) is 0 Å². The van der Waals surface area contributed by atoms with Crippen molar-refractivity contribution < 1.29 is 14.7 Å². The maximum absolute atomic E-state index is 12.6. The zero-order valence-corrected chi connectivity index (χ0v) is 15.5. The van der Waals surface area contributed by atoms with Gasteiger partial charge in [0.05, 0.1) is 34.9 Å². The first kappa shape index (κ1) is 18.7. The standard InChI is InChI=1S/C17H25N5O3/c1-7-13-12(9-19-22(13)16(2,3)4)14(23)20-11-8-18-21(10-11)17(5,6)15(24)25/h8-10H,7H2,1-6H3,(H,20,23)(H,24,25). The zero-order valence-electron chi connectivity index (χ0n) is 15.5. The third-order valence-corrected chi connectivity index (χ3v) is 4.02. The van der Waals surface area contributed by atoms with Gasteiger partial charge >= 0.3 is 5.97 Å². The first-order chi connectivity index (χ1) is 11.5. The van der Waals surface area contributed by atoms with E-state index in [1.54, 1.807) is 6.20 Å². The van der Waals surface area contributed by atoms with Gasteiger partial charge in [-0.1, -0.05) is 6.92 Å². The van der Waals surface area contributed by atoms with Crippen molar-refractivity contribution in [2.24, 2.45) is 0 Å². The Balaban J connectivity index is 2.26. The van der Waals surface area contributed by atoms with E-state index >= 15 is 0 Å². The number of nitrogens with one attached hydrogen (secondary N) is 1. The van der Waals surface area contributed by atoms with E-state index in [9.17, 15) is 14.7 Å². The van der Waals surface area contributed by atoms with Gasteiger partial charge in [0.25, 0.3) is 5.91 Å². The Hall–Kier alpha value is -2.64. The predicted octanol–water partition coefficient (Wildman–Crippen LogP) is 2.47. The van der Waals surface area contributed by atoms with Crippen molar-refractivity contribution in [3.8, 4) is 0 Å². The highest BCUT2D eigenvalue weighted by Gasteiger charge is 2.30. The first-order valence-corrected chi connectivity index (χ1v) is 8.15. The van der Waals surface area contributed by atoms with E-state index in [0.29, 0.717) is 17.7 Å². The van der Waals surface area contributed by atoms with Gasteiger partial charge in [-0.3, -0.25) is 14.2 Å². The molecule has 8 nitrogen and oxygen atoms in total. The fourth-order valence-electron chi connectivity index (χ4n) is 2.47. The van der Waals surface area contributed by atoms with Crippen LogP contribution in [-0.2, 0) is 22.3 Å². The highest BCUT2D eigenvalue weighted by atomic mass is 16.4. The molecular formula is C17H25N5O3. The van der Waals surface area contributed by atoms with Gasteiger partial charge in [0, 0.05) is 6.20 Å². The number of rotatable bonds is 5. The number of anilines is 1. The van der Waals surface area contributed by atoms with Crippen molar-refractivity contribution >= 4 is 17.6 Å². The van der Waals surface area contributed by atoms with Crippen LogP contribution < -0.4 is 5.32 Å². The molecule has 0 aromatic carbocycles. The monoisotopic (exact) mass is 347 g/mol. The molecule has 0 bridgehead atoms. The van der Waals surface area contributed by atoms with Crippen molar-refractivity contribution in [3.63, 3.8) is 0 Å². The van der Waals surface area contributed by atoms with Crippen LogP contribution in [0.4, 0.5) is 5.69 Å². The minimum atomic E-state index is -1.20. The summed E-state index contributed by atoms with van der Waals surface area (Å²) in [6.45, 7) is 11.1. The Labute approximate surface area is 146 Å². The summed E-state index contributed by atoms with van der Waals surface area (Å²) in [7, 11) is 0. The molecule has 2 N–H and O–H groups in total. The van der Waals surface area contributed by atoms with Gasteiger partial charge in [0.1, 0.15) is 0 Å². The molecule has 2 rings (SSSR count). The Morgan fingerprint density at radius 2 is 1.80 bits per heavy atom. The van der Waals surface area contributed by atoms with E-state index in [0.717, 1.165) is 5.69 Å². The number of aromatic nitrogens is 4. The lowest BCUT2D eigenvalue weighted by Gasteiger charge is -2.22. The fraction of sp³-hybridized carbons (Fsp3) is 0.529. The summed E-state index contributed by atoms with van der Waals surface area (Å²) in [6, 6.07) is 0. The number of hydrogen-bond donors (Lipinski definition) is 2. The van der Waals surface area contributed by atoms with Crippen LogP contribution in [0.2, 0.25) is 0 Å². The molecular weight excluding hydrogens is 322 g/mol. The van der Waals surface area contributed by atoms with Gasteiger partial charge in [0.15, 0.2) is 5.54 Å². The first-order valence-electron chi connectivity index (χ1n) is 8.15. The van der Waals surface area contributed by atoms with Gasteiger partial charge in [-0.05, 0) is 41.0 Å². The summed E-state index contributed by atoms with van der Waals surface area (Å²) in [5.41, 5.74) is 0.366. The molecule has 0 aliphatic heterocycles. The number of hydrogen-bond acceptors (Lipinski definition) is 4. The smallest absolute Gasteiger partial charge is 0.331 e. The number of aliphatic carboxylic acids is 1. The third-order valence-electron chi connectivity index (χ3n) is 4.02. The second-order valence-electron chi connectivity index (χ2n) is 7.43. The molecule has 136 valence electrons. The van der Waals surface area contributed by atoms with Gasteiger partial charge in [0.2, 0.25) is 0 Å². The lowest BCUT2D eigenvalue weighted by Crippen LogP contribution is -2.35. The molecule has 0 radical (unpaired) electrons. The minimum absolute atomic E-state index is 0.222. The van der Waals surface area contributed by atoms with Gasteiger partial charge in [-0.25, -0.2) is 4.79 Å². The van der Waals surface area contributed by atoms with E-state index in [1.165, 1.54) is 30.9 Å². The van der Waals surface area contributed by atoms with Crippen molar-refractivity contribution in [1.82, 2.24) is 19.6 Å². The minimum Gasteiger partial charge on any atom is -0.479 e. The number of amides is 1. The summed E-state index contributed by atoms with van der Waals surface area (Å²) in [5, 5.41) is 20.4. The molecule has 0 atom stereocenters. The fourth-order valence-corrected chi connectivity index (χ4v) is 2.47. The molecule has 1 amide bonds. The molecule has 8 heteroatoms. The number of carbonyl (C=O) groups excluding carboxylic acids is 1. The molecule has 0 aliphatic rings. The predicted molar refractivity (Wildman–Crippen MR) is 93.7 cm³/mol. The highest BCUT2D eigenvalue weighted by molar-refractivity contribution is 6.04. The molecule has 0 saturated carbocycles. The maximum Gasteiger partial charge on any atom is 0.331 e. The van der Waals surface area contributed by atoms with Crippen LogP contribution in [0.3, 0.4) is 0 Å². The van der Waals surface area contributed by atoms with E-state index in [-0.39, 0.29) is 11.4 Å². The zero-order chi connectivity index (χ0) is 19.0. The lowest BCUT2D eigenvalue weighted by atomic mass is 10.1. The van der Waals surface area contributed by atoms with Crippen LogP contribution in [0, 0.1) is 0 Å². The Morgan fingerprint density at radius 3 is 2.32 bits per heavy atom. The molecule has 2 aromatic rings. The van der Waals surface area contributed by atoms with E-state index in [2.05, 4.69) is 15.5 Å². The number of carboxylic acids is 1. The van der Waals surface area contributed by atoms with Crippen molar-refractivity contribution in [1.29, 1.82) is 0 Å². The van der Waals surface area contributed by atoms with Gasteiger partial charge < -0.3 is 10.4 Å². The second kappa shape index (κ2) is 6.34. The van der Waals surface area contributed by atoms with Crippen LogP contribution >= 0.6 is 0 Å². The molecule has 2 aromatic heterocycles. The maximum atomic E-state index is 12.6. The molecule has 0 saturated heterocycles. The second-order valence-corrected chi connectivity index (χ2v) is 7.43. The molecule has 0 spiro atoms. The Morgan fingerprint density at radius 1 is 1.16 bits per heavy atom. The molecule has 2 heterocycles. The summed E-state index contributed by atoms with van der Waals surface area (Å²) in [5.74, 6) is -1.30. The SMILES string of the molecule is CCc1c(C(=O)Nc2cnn(C(C)(C)C(=O)O)c2)cnn1C(C)(C)C. The lowest BCUT2D eigenvalue weighted by molar-refractivity contribution is -0.146. The van der Waals surface area contributed by atoms with E-state index in [4.69, 9.17) is 0 Å². The van der Waals surface area contributed by atoms with Crippen molar-refractivity contribution in [3.05, 3.63) is 29.8 Å². The summed E-state index contributed by atoms with van der Waals surface area (Å²) in [6.07, 6.45) is 5.17. The summed E-state index contributed by atoms with van der Waals surface area (Å²) in [4.78, 5) is 23.9. The van der Waals surface area contributed by atoms with Gasteiger partial charge in [-0.2, -0.15) is 10.2 Å². The van der Waals surface area contributed by atoms with Crippen molar-refractivity contribution in [2.75, 3.05) is 5.32 Å². The van der Waals surface area contributed by atoms with Crippen molar-refractivity contribution in [2.45, 2.75) is 59.0 Å². The topological polar surface area (TPSA) is 102 Å². The summed E-state index contributed by atoms with van der Waals surface area (Å²) >= 11 is 0. The summed E-state index contributed by atoms with van der Waals surface area (Å²) < 4.78 is 3.16. The third kappa shape index (κ3) is 3.57. The highest BCUT2D eigenvalue weighted by Crippen LogP contribution is 2.22. The normalized spacial score (nSPS) is 12.2. The largest absolute Gasteiger partial charge is 0.479 e. The van der Waals surface area contributed by atoms with E-state index < -0.39 is 11.5 Å². The molecule has 25 heavy (non-hydrogen) atoms. The number of carboxylic acid groups (broad SMARTS) is 1. The van der Waals surface area contributed by atoms with Crippen LogP contribution in [0.15, 0.2) is 18.6 Å².